The number of rotatable bonds is 8. The number of hydrogen-bond donors (Lipinski definition) is 1. The van der Waals surface area contributed by atoms with E-state index in [1.54, 1.807) is 31.4 Å². The third-order valence-corrected chi connectivity index (χ3v) is 5.91. The fraction of sp³-hybridized carbons (Fsp3) is 0.154. The van der Waals surface area contributed by atoms with E-state index < -0.39 is 11.9 Å². The number of aliphatic carboxylic acids is 1. The van der Waals surface area contributed by atoms with E-state index in [9.17, 15) is 9.90 Å². The normalized spacial score (nSPS) is 11.8. The van der Waals surface area contributed by atoms with Crippen molar-refractivity contribution in [2.75, 3.05) is 7.11 Å². The largest absolute Gasteiger partial charge is 0.497 e. The lowest BCUT2D eigenvalue weighted by molar-refractivity contribution is -0.138. The molecule has 1 aromatic heterocycles. The second kappa shape index (κ2) is 10.1. The molecule has 0 amide bonds. The quantitative estimate of drug-likeness (QED) is 0.320. The van der Waals surface area contributed by atoms with Gasteiger partial charge < -0.3 is 9.84 Å². The Hall–Kier alpha value is -3.28. The van der Waals surface area contributed by atoms with Gasteiger partial charge in [0.1, 0.15) is 5.75 Å². The molecule has 0 bridgehead atoms. The highest BCUT2D eigenvalue weighted by atomic mass is 35.5. The first-order valence-electron chi connectivity index (χ1n) is 10.4. The van der Waals surface area contributed by atoms with Crippen LogP contribution in [0.1, 0.15) is 22.7 Å². The number of benzene rings is 3. The molecule has 0 aliphatic carbocycles. The van der Waals surface area contributed by atoms with Crippen molar-refractivity contribution in [3.8, 4) is 17.0 Å². The topological polar surface area (TPSA) is 64.4 Å². The van der Waals surface area contributed by atoms with Crippen molar-refractivity contribution in [1.82, 2.24) is 9.78 Å². The average molecular weight is 481 g/mol. The van der Waals surface area contributed by atoms with Gasteiger partial charge in [0.25, 0.3) is 0 Å². The minimum Gasteiger partial charge on any atom is -0.497 e. The van der Waals surface area contributed by atoms with Gasteiger partial charge in [-0.05, 0) is 59.2 Å². The Balaban J connectivity index is 1.70. The number of aromatic nitrogens is 2. The summed E-state index contributed by atoms with van der Waals surface area (Å²) in [5.74, 6) is -0.898. The van der Waals surface area contributed by atoms with Gasteiger partial charge in [-0.15, -0.1) is 0 Å². The van der Waals surface area contributed by atoms with E-state index in [0.717, 1.165) is 22.6 Å². The first-order chi connectivity index (χ1) is 15.9. The predicted octanol–water partition coefficient (Wildman–Crippen LogP) is 6.32. The number of carboxylic acid groups (broad SMARTS) is 1. The summed E-state index contributed by atoms with van der Waals surface area (Å²) in [7, 11) is 1.63. The Labute approximate surface area is 202 Å². The zero-order valence-corrected chi connectivity index (χ0v) is 19.4. The Bertz CT molecular complexity index is 1250. The summed E-state index contributed by atoms with van der Waals surface area (Å²) in [5, 5.41) is 15.8. The van der Waals surface area contributed by atoms with Gasteiger partial charge in [-0.1, -0.05) is 59.6 Å². The monoisotopic (exact) mass is 480 g/mol. The summed E-state index contributed by atoms with van der Waals surface area (Å²) in [5.41, 5.74) is 4.20. The maximum absolute atomic E-state index is 12.1. The van der Waals surface area contributed by atoms with Crippen LogP contribution in [0.3, 0.4) is 0 Å². The maximum atomic E-state index is 12.1. The zero-order valence-electron chi connectivity index (χ0n) is 17.9. The van der Waals surface area contributed by atoms with E-state index >= 15 is 0 Å². The van der Waals surface area contributed by atoms with E-state index in [-0.39, 0.29) is 6.42 Å². The van der Waals surface area contributed by atoms with Gasteiger partial charge in [0, 0.05) is 16.5 Å². The van der Waals surface area contributed by atoms with Gasteiger partial charge in [-0.25, -0.2) is 0 Å². The molecule has 0 spiro atoms. The zero-order chi connectivity index (χ0) is 23.4. The lowest BCUT2D eigenvalue weighted by Gasteiger charge is -2.11. The number of methoxy groups -OCH3 is 1. The first kappa shape index (κ1) is 22.9. The SMILES string of the molecule is COc1ccc(Cn2nc(CC(C(=O)O)c3cccc(Cl)c3)cc2-c2ccc(Cl)cc2)cc1. The summed E-state index contributed by atoms with van der Waals surface area (Å²) in [6, 6.07) is 24.2. The minimum absolute atomic E-state index is 0.242. The molecule has 7 heteroatoms. The summed E-state index contributed by atoms with van der Waals surface area (Å²) in [6.45, 7) is 0.525. The Morgan fingerprint density at radius 3 is 2.36 bits per heavy atom. The maximum Gasteiger partial charge on any atom is 0.311 e. The van der Waals surface area contributed by atoms with Crippen molar-refractivity contribution in [1.29, 1.82) is 0 Å². The molecule has 3 aromatic carbocycles. The highest BCUT2D eigenvalue weighted by Gasteiger charge is 2.23. The van der Waals surface area contributed by atoms with Crippen LogP contribution in [0.5, 0.6) is 5.75 Å². The van der Waals surface area contributed by atoms with Crippen molar-refractivity contribution in [2.24, 2.45) is 0 Å². The number of halogens is 2. The molecule has 168 valence electrons. The highest BCUT2D eigenvalue weighted by molar-refractivity contribution is 6.30. The van der Waals surface area contributed by atoms with E-state index in [4.69, 9.17) is 33.0 Å². The van der Waals surface area contributed by atoms with Gasteiger partial charge in [0.2, 0.25) is 0 Å². The molecule has 0 saturated heterocycles. The van der Waals surface area contributed by atoms with Crippen LogP contribution in [0.15, 0.2) is 78.9 Å². The van der Waals surface area contributed by atoms with Crippen LogP contribution < -0.4 is 4.74 Å². The smallest absolute Gasteiger partial charge is 0.311 e. The summed E-state index contributed by atoms with van der Waals surface area (Å²) >= 11 is 12.2. The fourth-order valence-electron chi connectivity index (χ4n) is 3.73. The van der Waals surface area contributed by atoms with Gasteiger partial charge in [0.05, 0.1) is 31.0 Å². The molecule has 0 saturated carbocycles. The predicted molar refractivity (Wildman–Crippen MR) is 130 cm³/mol. The molecule has 0 aliphatic rings. The van der Waals surface area contributed by atoms with Crippen LogP contribution in [0.25, 0.3) is 11.3 Å². The number of nitrogens with zero attached hydrogens (tertiary/aromatic N) is 2. The first-order valence-corrected chi connectivity index (χ1v) is 11.1. The number of carboxylic acids is 1. The van der Waals surface area contributed by atoms with E-state index in [2.05, 4.69) is 0 Å². The number of ether oxygens (including phenoxy) is 1. The highest BCUT2D eigenvalue weighted by Crippen LogP contribution is 2.28. The second-order valence-electron chi connectivity index (χ2n) is 7.68. The van der Waals surface area contributed by atoms with Gasteiger partial charge >= 0.3 is 5.97 Å². The number of carbonyl (C=O) groups is 1. The second-order valence-corrected chi connectivity index (χ2v) is 8.56. The molecule has 0 aliphatic heterocycles. The summed E-state index contributed by atoms with van der Waals surface area (Å²) in [4.78, 5) is 12.1. The van der Waals surface area contributed by atoms with E-state index in [1.807, 2.05) is 59.3 Å². The summed E-state index contributed by atoms with van der Waals surface area (Å²) < 4.78 is 7.13. The van der Waals surface area contributed by atoms with E-state index in [0.29, 0.717) is 27.8 Å². The van der Waals surface area contributed by atoms with Crippen LogP contribution in [0.4, 0.5) is 0 Å². The molecular weight excluding hydrogens is 459 g/mol. The Morgan fingerprint density at radius 2 is 1.73 bits per heavy atom. The number of hydrogen-bond acceptors (Lipinski definition) is 3. The molecule has 0 fully saturated rings. The van der Waals surface area contributed by atoms with Crippen LogP contribution >= 0.6 is 23.2 Å². The van der Waals surface area contributed by atoms with Crippen molar-refractivity contribution in [2.45, 2.75) is 18.9 Å². The molecule has 1 N–H and O–H groups in total. The molecular formula is C26H22Cl2N2O3. The Morgan fingerprint density at radius 1 is 1.00 bits per heavy atom. The average Bonchev–Trinajstić information content (AvgIpc) is 3.20. The van der Waals surface area contributed by atoms with Crippen LogP contribution in [0.2, 0.25) is 10.0 Å². The van der Waals surface area contributed by atoms with Gasteiger partial charge in [-0.3, -0.25) is 9.48 Å². The van der Waals surface area contributed by atoms with Crippen molar-refractivity contribution < 1.29 is 14.6 Å². The fourth-order valence-corrected chi connectivity index (χ4v) is 4.05. The van der Waals surface area contributed by atoms with Crippen molar-refractivity contribution in [3.05, 3.63) is 106 Å². The third kappa shape index (κ3) is 5.56. The summed E-state index contributed by atoms with van der Waals surface area (Å²) in [6.07, 6.45) is 0.242. The molecule has 1 heterocycles. The molecule has 1 unspecified atom stereocenters. The molecule has 1 atom stereocenters. The van der Waals surface area contributed by atoms with E-state index in [1.165, 1.54) is 0 Å². The standard InChI is InChI=1S/C26H22Cl2N2O3/c1-33-23-11-5-17(6-12-23)16-30-25(18-7-9-20(27)10-8-18)15-22(29-30)14-24(26(31)32)19-3-2-4-21(28)13-19/h2-13,15,24H,14,16H2,1H3,(H,31,32). The van der Waals surface area contributed by atoms with Gasteiger partial charge in [-0.2, -0.15) is 5.10 Å². The molecule has 33 heavy (non-hydrogen) atoms. The van der Waals surface area contributed by atoms with Crippen molar-refractivity contribution in [3.63, 3.8) is 0 Å². The third-order valence-electron chi connectivity index (χ3n) is 5.42. The van der Waals surface area contributed by atoms with Crippen LogP contribution in [-0.4, -0.2) is 28.0 Å². The van der Waals surface area contributed by atoms with Crippen molar-refractivity contribution >= 4 is 29.2 Å². The molecule has 4 aromatic rings. The lowest BCUT2D eigenvalue weighted by atomic mass is 9.94. The lowest BCUT2D eigenvalue weighted by Crippen LogP contribution is -2.15. The molecule has 0 radical (unpaired) electrons. The van der Waals surface area contributed by atoms with Crippen LogP contribution in [0, 0.1) is 0 Å². The minimum atomic E-state index is -0.921. The van der Waals surface area contributed by atoms with Crippen LogP contribution in [-0.2, 0) is 17.8 Å². The molecule has 4 rings (SSSR count). The Kier molecular flexibility index (Phi) is 7.02. The van der Waals surface area contributed by atoms with Gasteiger partial charge in [0.15, 0.2) is 0 Å². The molecule has 5 nitrogen and oxygen atoms in total.